The average Bonchev–Trinajstić information content (AvgIpc) is 2.69. The van der Waals surface area contributed by atoms with Crippen LogP contribution in [0.3, 0.4) is 0 Å². The van der Waals surface area contributed by atoms with Gasteiger partial charge in [0.05, 0.1) is 5.54 Å². The minimum atomic E-state index is -0.638. The van der Waals surface area contributed by atoms with Gasteiger partial charge in [-0.25, -0.2) is 4.98 Å². The third-order valence-electron chi connectivity index (χ3n) is 2.18. The fourth-order valence-corrected chi connectivity index (χ4v) is 1.07. The first-order valence-electron chi connectivity index (χ1n) is 4.22. The van der Waals surface area contributed by atoms with Crippen LogP contribution in [0.1, 0.15) is 18.5 Å². The lowest BCUT2D eigenvalue weighted by atomic mass is 10.3. The van der Waals surface area contributed by atoms with Crippen LogP contribution < -0.4 is 11.1 Å². The summed E-state index contributed by atoms with van der Waals surface area (Å²) < 4.78 is 0. The van der Waals surface area contributed by atoms with E-state index in [-0.39, 0.29) is 5.91 Å². The third kappa shape index (κ3) is 1.55. The molecular formula is C8H12N4O. The second kappa shape index (κ2) is 2.56. The highest BCUT2D eigenvalue weighted by Crippen LogP contribution is 2.32. The number of carbonyl (C=O) groups excluding carboxylic acids is 1. The number of nitrogens with one attached hydrogen (secondary N) is 2. The van der Waals surface area contributed by atoms with Crippen LogP contribution in [0.25, 0.3) is 0 Å². The fraction of sp³-hybridized carbons (Fsp3) is 0.500. The molecule has 70 valence electrons. The van der Waals surface area contributed by atoms with Crippen LogP contribution >= 0.6 is 0 Å². The van der Waals surface area contributed by atoms with Gasteiger partial charge in [0.1, 0.15) is 0 Å². The summed E-state index contributed by atoms with van der Waals surface area (Å²) in [5.41, 5.74) is 5.97. The van der Waals surface area contributed by atoms with E-state index < -0.39 is 5.54 Å². The molecule has 1 saturated carbocycles. The van der Waals surface area contributed by atoms with E-state index in [1.165, 1.54) is 0 Å². The number of anilines is 1. The summed E-state index contributed by atoms with van der Waals surface area (Å²) in [6.45, 7) is 1.87. The standard InChI is InChI=1S/C8H12N4O/c1-5-4-10-7(11-5)12-6(13)8(9)2-3-8/h4H,2-3,9H2,1H3,(H2,10,11,12,13). The zero-order valence-corrected chi connectivity index (χ0v) is 7.42. The van der Waals surface area contributed by atoms with E-state index in [0.29, 0.717) is 5.95 Å². The third-order valence-corrected chi connectivity index (χ3v) is 2.18. The topological polar surface area (TPSA) is 83.8 Å². The number of carbonyl (C=O) groups is 1. The number of amides is 1. The average molecular weight is 180 g/mol. The molecule has 0 bridgehead atoms. The van der Waals surface area contributed by atoms with Crippen LogP contribution in [0, 0.1) is 6.92 Å². The maximum atomic E-state index is 11.4. The molecule has 5 nitrogen and oxygen atoms in total. The van der Waals surface area contributed by atoms with E-state index in [1.807, 2.05) is 6.92 Å². The lowest BCUT2D eigenvalue weighted by Crippen LogP contribution is -2.38. The normalized spacial score (nSPS) is 18.3. The molecule has 1 amide bonds. The summed E-state index contributed by atoms with van der Waals surface area (Å²) in [5, 5.41) is 2.63. The van der Waals surface area contributed by atoms with E-state index in [0.717, 1.165) is 18.5 Å². The number of nitrogens with two attached hydrogens (primary N) is 1. The van der Waals surface area contributed by atoms with Crippen molar-refractivity contribution < 1.29 is 4.79 Å². The van der Waals surface area contributed by atoms with E-state index in [2.05, 4.69) is 15.3 Å². The SMILES string of the molecule is Cc1cnc(NC(=O)C2(N)CC2)[nH]1. The lowest BCUT2D eigenvalue weighted by molar-refractivity contribution is -0.118. The summed E-state index contributed by atoms with van der Waals surface area (Å²) in [7, 11) is 0. The van der Waals surface area contributed by atoms with Gasteiger partial charge in [0.15, 0.2) is 0 Å². The van der Waals surface area contributed by atoms with E-state index >= 15 is 0 Å². The molecule has 4 N–H and O–H groups in total. The van der Waals surface area contributed by atoms with Crippen LogP contribution in [-0.4, -0.2) is 21.4 Å². The number of hydrogen-bond donors (Lipinski definition) is 3. The molecule has 5 heteroatoms. The molecule has 1 fully saturated rings. The van der Waals surface area contributed by atoms with Crippen molar-refractivity contribution in [1.82, 2.24) is 9.97 Å². The summed E-state index contributed by atoms with van der Waals surface area (Å²) in [6, 6.07) is 0. The number of aromatic amines is 1. The van der Waals surface area contributed by atoms with Gasteiger partial charge in [0.25, 0.3) is 0 Å². The molecule has 0 aliphatic heterocycles. The Labute approximate surface area is 75.7 Å². The van der Waals surface area contributed by atoms with Crippen LogP contribution in [0.5, 0.6) is 0 Å². The zero-order valence-electron chi connectivity index (χ0n) is 7.42. The van der Waals surface area contributed by atoms with Crippen molar-refractivity contribution in [3.8, 4) is 0 Å². The molecule has 2 rings (SSSR count). The Morgan fingerprint density at radius 1 is 1.77 bits per heavy atom. The van der Waals surface area contributed by atoms with Gasteiger partial charge in [0, 0.05) is 11.9 Å². The molecule has 0 spiro atoms. The molecule has 0 aromatic carbocycles. The molecule has 0 atom stereocenters. The van der Waals surface area contributed by atoms with Gasteiger partial charge >= 0.3 is 0 Å². The van der Waals surface area contributed by atoms with Crippen molar-refractivity contribution >= 4 is 11.9 Å². The summed E-state index contributed by atoms with van der Waals surface area (Å²) in [6.07, 6.45) is 3.18. The number of nitrogens with zero attached hydrogens (tertiary/aromatic N) is 1. The van der Waals surface area contributed by atoms with Crippen LogP contribution in [0.4, 0.5) is 5.95 Å². The molecule has 1 aliphatic rings. The molecule has 0 unspecified atom stereocenters. The second-order valence-electron chi connectivity index (χ2n) is 3.53. The Hall–Kier alpha value is -1.36. The first-order chi connectivity index (χ1) is 6.10. The van der Waals surface area contributed by atoms with E-state index in [4.69, 9.17) is 5.73 Å². The van der Waals surface area contributed by atoms with Crippen molar-refractivity contribution in [1.29, 1.82) is 0 Å². The molecule has 1 aliphatic carbocycles. The number of aromatic nitrogens is 2. The lowest BCUT2D eigenvalue weighted by Gasteiger charge is -2.06. The summed E-state index contributed by atoms with van der Waals surface area (Å²) in [5.74, 6) is 0.320. The van der Waals surface area contributed by atoms with Crippen molar-refractivity contribution in [2.75, 3.05) is 5.32 Å². The Kier molecular flexibility index (Phi) is 1.63. The largest absolute Gasteiger partial charge is 0.328 e. The molecule has 1 heterocycles. The highest BCUT2D eigenvalue weighted by molar-refractivity contribution is 5.98. The maximum Gasteiger partial charge on any atom is 0.246 e. The Balaban J connectivity index is 2.02. The Morgan fingerprint density at radius 3 is 2.92 bits per heavy atom. The smallest absolute Gasteiger partial charge is 0.246 e. The van der Waals surface area contributed by atoms with Crippen LogP contribution in [0.15, 0.2) is 6.20 Å². The predicted octanol–water partition coefficient (Wildman–Crippen LogP) is 0.148. The first kappa shape index (κ1) is 8.25. The molecule has 0 radical (unpaired) electrons. The zero-order chi connectivity index (χ0) is 9.47. The van der Waals surface area contributed by atoms with E-state index in [1.54, 1.807) is 6.20 Å². The number of aryl methyl sites for hydroxylation is 1. The van der Waals surface area contributed by atoms with Gasteiger partial charge in [-0.1, -0.05) is 0 Å². The number of rotatable bonds is 2. The minimum absolute atomic E-state index is 0.151. The van der Waals surface area contributed by atoms with E-state index in [9.17, 15) is 4.79 Å². The summed E-state index contributed by atoms with van der Waals surface area (Å²) in [4.78, 5) is 18.3. The van der Waals surface area contributed by atoms with Crippen molar-refractivity contribution in [3.63, 3.8) is 0 Å². The van der Waals surface area contributed by atoms with Gasteiger partial charge in [-0.2, -0.15) is 0 Å². The van der Waals surface area contributed by atoms with Crippen LogP contribution in [0.2, 0.25) is 0 Å². The minimum Gasteiger partial charge on any atom is -0.328 e. The van der Waals surface area contributed by atoms with Gasteiger partial charge in [-0.15, -0.1) is 0 Å². The fourth-order valence-electron chi connectivity index (χ4n) is 1.07. The molecular weight excluding hydrogens is 168 g/mol. The van der Waals surface area contributed by atoms with Crippen LogP contribution in [-0.2, 0) is 4.79 Å². The van der Waals surface area contributed by atoms with Gasteiger partial charge in [0.2, 0.25) is 11.9 Å². The number of imidazole rings is 1. The molecule has 13 heavy (non-hydrogen) atoms. The second-order valence-corrected chi connectivity index (χ2v) is 3.53. The number of hydrogen-bond acceptors (Lipinski definition) is 3. The monoisotopic (exact) mass is 180 g/mol. The van der Waals surface area contributed by atoms with Gasteiger partial charge < -0.3 is 10.7 Å². The molecule has 0 saturated heterocycles. The first-order valence-corrected chi connectivity index (χ1v) is 4.22. The maximum absolute atomic E-state index is 11.4. The van der Waals surface area contributed by atoms with Gasteiger partial charge in [-0.3, -0.25) is 10.1 Å². The highest BCUT2D eigenvalue weighted by Gasteiger charge is 2.46. The quantitative estimate of drug-likeness (QED) is 0.605. The number of H-pyrrole nitrogens is 1. The molecule has 1 aromatic rings. The highest BCUT2D eigenvalue weighted by atomic mass is 16.2. The molecule has 1 aromatic heterocycles. The van der Waals surface area contributed by atoms with Crippen molar-refractivity contribution in [3.05, 3.63) is 11.9 Å². The predicted molar refractivity (Wildman–Crippen MR) is 48.1 cm³/mol. The van der Waals surface area contributed by atoms with Crippen molar-refractivity contribution in [2.24, 2.45) is 5.73 Å². The van der Waals surface area contributed by atoms with Gasteiger partial charge in [-0.05, 0) is 19.8 Å². The Bertz CT molecular complexity index is 340. The Morgan fingerprint density at radius 2 is 2.46 bits per heavy atom. The summed E-state index contributed by atoms with van der Waals surface area (Å²) >= 11 is 0. The van der Waals surface area contributed by atoms with Crippen molar-refractivity contribution in [2.45, 2.75) is 25.3 Å².